The Kier molecular flexibility index (Phi) is 4.57. The van der Waals surface area contributed by atoms with Crippen molar-refractivity contribution in [3.8, 4) is 11.3 Å². The Balaban J connectivity index is 1.84. The van der Waals surface area contributed by atoms with Crippen LogP contribution < -0.4 is 10.9 Å². The van der Waals surface area contributed by atoms with E-state index in [1.165, 1.54) is 6.07 Å². The van der Waals surface area contributed by atoms with Crippen molar-refractivity contribution in [2.24, 2.45) is 0 Å². The Bertz CT molecular complexity index is 889. The lowest BCUT2D eigenvalue weighted by Crippen LogP contribution is -2.12. The lowest BCUT2D eigenvalue weighted by Gasteiger charge is -2.08. The first kappa shape index (κ1) is 15.5. The van der Waals surface area contributed by atoms with Crippen molar-refractivity contribution < 1.29 is 0 Å². The second kappa shape index (κ2) is 6.79. The van der Waals surface area contributed by atoms with Crippen molar-refractivity contribution in [2.45, 2.75) is 13.5 Å². The van der Waals surface area contributed by atoms with Crippen LogP contribution in [-0.2, 0) is 6.54 Å². The van der Waals surface area contributed by atoms with Gasteiger partial charge in [0.05, 0.1) is 5.69 Å². The van der Waals surface area contributed by atoms with Crippen LogP contribution in [0.2, 0.25) is 0 Å². The molecule has 4 nitrogen and oxygen atoms in total. The van der Waals surface area contributed by atoms with Gasteiger partial charge in [-0.1, -0.05) is 51.8 Å². The number of aromatic nitrogens is 2. The average molecular weight is 370 g/mol. The molecule has 0 aliphatic rings. The minimum absolute atomic E-state index is 0.173. The molecule has 5 heteroatoms. The summed E-state index contributed by atoms with van der Waals surface area (Å²) >= 11 is 3.45. The van der Waals surface area contributed by atoms with E-state index in [-0.39, 0.29) is 5.56 Å². The molecule has 116 valence electrons. The van der Waals surface area contributed by atoms with Crippen molar-refractivity contribution in [3.63, 3.8) is 0 Å². The van der Waals surface area contributed by atoms with E-state index in [0.717, 1.165) is 21.2 Å². The Hall–Kier alpha value is -2.40. The molecule has 0 amide bonds. The van der Waals surface area contributed by atoms with Gasteiger partial charge in [0.25, 0.3) is 5.56 Å². The van der Waals surface area contributed by atoms with Gasteiger partial charge in [0.15, 0.2) is 0 Å². The van der Waals surface area contributed by atoms with Gasteiger partial charge in [-0.25, -0.2) is 4.98 Å². The molecular weight excluding hydrogens is 354 g/mol. The molecule has 0 aliphatic heterocycles. The monoisotopic (exact) mass is 369 g/mol. The largest absolute Gasteiger partial charge is 0.352 e. The lowest BCUT2D eigenvalue weighted by atomic mass is 10.1. The Labute approximate surface area is 142 Å². The maximum absolute atomic E-state index is 11.9. The van der Waals surface area contributed by atoms with Gasteiger partial charge in [0.1, 0.15) is 0 Å². The molecule has 2 N–H and O–H groups in total. The van der Waals surface area contributed by atoms with Gasteiger partial charge >= 0.3 is 0 Å². The molecule has 0 aliphatic carbocycles. The van der Waals surface area contributed by atoms with E-state index in [4.69, 9.17) is 0 Å². The number of H-pyrrole nitrogens is 1. The van der Waals surface area contributed by atoms with Crippen LogP contribution in [0.15, 0.2) is 63.9 Å². The van der Waals surface area contributed by atoms with Crippen molar-refractivity contribution in [2.75, 3.05) is 5.32 Å². The van der Waals surface area contributed by atoms with E-state index in [1.807, 2.05) is 55.5 Å². The number of anilines is 1. The number of halogens is 1. The minimum atomic E-state index is -0.173. The van der Waals surface area contributed by atoms with Crippen molar-refractivity contribution in [3.05, 3.63) is 80.6 Å². The van der Waals surface area contributed by atoms with Gasteiger partial charge in [0, 0.05) is 22.6 Å². The summed E-state index contributed by atoms with van der Waals surface area (Å²) in [4.78, 5) is 19.1. The van der Waals surface area contributed by atoms with Crippen LogP contribution in [0.1, 0.15) is 11.1 Å². The Morgan fingerprint density at radius 3 is 2.74 bits per heavy atom. The quantitative estimate of drug-likeness (QED) is 0.727. The number of nitrogens with one attached hydrogen (secondary N) is 2. The zero-order chi connectivity index (χ0) is 16.2. The number of rotatable bonds is 4. The summed E-state index contributed by atoms with van der Waals surface area (Å²) in [6.07, 6.45) is 0. The predicted octanol–water partition coefficient (Wildman–Crippen LogP) is 4.12. The van der Waals surface area contributed by atoms with Crippen LogP contribution in [0, 0.1) is 6.92 Å². The second-order valence-corrected chi connectivity index (χ2v) is 6.25. The summed E-state index contributed by atoms with van der Waals surface area (Å²) in [5.41, 5.74) is 3.65. The first-order valence-corrected chi connectivity index (χ1v) is 8.06. The number of nitrogens with zero attached hydrogens (tertiary/aromatic N) is 1. The lowest BCUT2D eigenvalue weighted by molar-refractivity contribution is 1.04. The summed E-state index contributed by atoms with van der Waals surface area (Å²) in [7, 11) is 0. The predicted molar refractivity (Wildman–Crippen MR) is 96.5 cm³/mol. The molecule has 3 aromatic rings. The van der Waals surface area contributed by atoms with E-state index in [9.17, 15) is 4.79 Å². The summed E-state index contributed by atoms with van der Waals surface area (Å²) in [6.45, 7) is 2.60. The molecule has 0 radical (unpaired) electrons. The highest BCUT2D eigenvalue weighted by atomic mass is 79.9. The van der Waals surface area contributed by atoms with Crippen LogP contribution >= 0.6 is 15.9 Å². The standard InChI is InChI=1S/C18H16BrN3O/c1-12-4-2-6-14(8-12)16-10-17(23)22-18(21-16)20-11-13-5-3-7-15(19)9-13/h2-10H,11H2,1H3,(H2,20,21,22,23). The third-order valence-corrected chi connectivity index (χ3v) is 3.90. The van der Waals surface area contributed by atoms with Crippen LogP contribution in [0.25, 0.3) is 11.3 Å². The van der Waals surface area contributed by atoms with E-state index in [2.05, 4.69) is 31.2 Å². The van der Waals surface area contributed by atoms with Gasteiger partial charge in [-0.3, -0.25) is 9.78 Å². The van der Waals surface area contributed by atoms with Gasteiger partial charge in [0.2, 0.25) is 5.95 Å². The molecule has 0 fully saturated rings. The fraction of sp³-hybridized carbons (Fsp3) is 0.111. The zero-order valence-electron chi connectivity index (χ0n) is 12.6. The highest BCUT2D eigenvalue weighted by Gasteiger charge is 2.04. The number of benzene rings is 2. The second-order valence-electron chi connectivity index (χ2n) is 5.33. The third-order valence-electron chi connectivity index (χ3n) is 3.40. The maximum Gasteiger partial charge on any atom is 0.252 e. The molecule has 0 atom stereocenters. The fourth-order valence-electron chi connectivity index (χ4n) is 2.33. The van der Waals surface area contributed by atoms with E-state index in [1.54, 1.807) is 0 Å². The summed E-state index contributed by atoms with van der Waals surface area (Å²) in [5.74, 6) is 0.467. The highest BCUT2D eigenvalue weighted by Crippen LogP contribution is 2.18. The van der Waals surface area contributed by atoms with E-state index < -0.39 is 0 Å². The molecule has 0 bridgehead atoms. The molecule has 0 spiro atoms. The molecule has 23 heavy (non-hydrogen) atoms. The van der Waals surface area contributed by atoms with Crippen molar-refractivity contribution in [1.82, 2.24) is 9.97 Å². The van der Waals surface area contributed by atoms with Crippen LogP contribution in [0.3, 0.4) is 0 Å². The Morgan fingerprint density at radius 1 is 1.13 bits per heavy atom. The smallest absolute Gasteiger partial charge is 0.252 e. The van der Waals surface area contributed by atoms with Crippen LogP contribution in [0.5, 0.6) is 0 Å². The van der Waals surface area contributed by atoms with E-state index in [0.29, 0.717) is 18.2 Å². The van der Waals surface area contributed by atoms with Gasteiger partial charge < -0.3 is 5.32 Å². The van der Waals surface area contributed by atoms with Gasteiger partial charge in [-0.15, -0.1) is 0 Å². The number of hydrogen-bond donors (Lipinski definition) is 2. The SMILES string of the molecule is Cc1cccc(-c2cc(=O)[nH]c(NCc3cccc(Br)c3)n2)c1. The average Bonchev–Trinajstić information content (AvgIpc) is 2.52. The molecular formula is C18H16BrN3O. The van der Waals surface area contributed by atoms with Gasteiger partial charge in [-0.05, 0) is 30.7 Å². The highest BCUT2D eigenvalue weighted by molar-refractivity contribution is 9.10. The summed E-state index contributed by atoms with van der Waals surface area (Å²) in [6, 6.07) is 17.4. The maximum atomic E-state index is 11.9. The fourth-order valence-corrected chi connectivity index (χ4v) is 2.77. The van der Waals surface area contributed by atoms with Gasteiger partial charge in [-0.2, -0.15) is 0 Å². The van der Waals surface area contributed by atoms with Crippen molar-refractivity contribution in [1.29, 1.82) is 0 Å². The normalized spacial score (nSPS) is 10.5. The number of aromatic amines is 1. The first-order valence-electron chi connectivity index (χ1n) is 7.27. The molecule has 1 heterocycles. The first-order chi connectivity index (χ1) is 11.1. The summed E-state index contributed by atoms with van der Waals surface area (Å²) in [5, 5.41) is 3.17. The molecule has 2 aromatic carbocycles. The molecule has 3 rings (SSSR count). The van der Waals surface area contributed by atoms with Crippen molar-refractivity contribution >= 4 is 21.9 Å². The zero-order valence-corrected chi connectivity index (χ0v) is 14.2. The summed E-state index contributed by atoms with van der Waals surface area (Å²) < 4.78 is 1.02. The number of hydrogen-bond acceptors (Lipinski definition) is 3. The Morgan fingerprint density at radius 2 is 1.96 bits per heavy atom. The molecule has 0 saturated heterocycles. The number of aryl methyl sites for hydroxylation is 1. The van der Waals surface area contributed by atoms with Crippen LogP contribution in [0.4, 0.5) is 5.95 Å². The minimum Gasteiger partial charge on any atom is -0.352 e. The molecule has 1 aromatic heterocycles. The molecule has 0 saturated carbocycles. The van der Waals surface area contributed by atoms with Crippen LogP contribution in [-0.4, -0.2) is 9.97 Å². The third kappa shape index (κ3) is 4.07. The molecule has 0 unspecified atom stereocenters. The topological polar surface area (TPSA) is 57.8 Å². The van der Waals surface area contributed by atoms with E-state index >= 15 is 0 Å².